The molecule has 1 atom stereocenters. The summed E-state index contributed by atoms with van der Waals surface area (Å²) in [7, 11) is 0. The smallest absolute Gasteiger partial charge is 0.253 e. The molecule has 1 N–H and O–H groups in total. The summed E-state index contributed by atoms with van der Waals surface area (Å²) in [4.78, 5) is 15.7. The van der Waals surface area contributed by atoms with Gasteiger partial charge >= 0.3 is 0 Å². The Kier molecular flexibility index (Phi) is 5.41. The predicted octanol–water partition coefficient (Wildman–Crippen LogP) is 4.26. The fourth-order valence-corrected chi connectivity index (χ4v) is 3.39. The lowest BCUT2D eigenvalue weighted by molar-refractivity contribution is 0.0715. The van der Waals surface area contributed by atoms with E-state index in [0.29, 0.717) is 6.54 Å². The summed E-state index contributed by atoms with van der Waals surface area (Å²) in [6.07, 6.45) is 3.99. The summed E-state index contributed by atoms with van der Waals surface area (Å²) in [5.74, 6) is -0.164. The average molecular weight is 344 g/mol. The number of anilines is 1. The molecule has 2 aromatic carbocycles. The van der Waals surface area contributed by atoms with Crippen LogP contribution in [0.2, 0.25) is 0 Å². The van der Waals surface area contributed by atoms with Gasteiger partial charge in [0.05, 0.1) is 0 Å². The number of hydrogen-bond acceptors (Lipinski definition) is 3. The van der Waals surface area contributed by atoms with Crippen LogP contribution in [0.5, 0.6) is 0 Å². The van der Waals surface area contributed by atoms with Gasteiger partial charge < -0.3 is 10.2 Å². The van der Waals surface area contributed by atoms with Gasteiger partial charge in [-0.1, -0.05) is 0 Å². The van der Waals surface area contributed by atoms with Gasteiger partial charge in [-0.3, -0.25) is 4.79 Å². The number of piperidine rings is 1. The third kappa shape index (κ3) is 4.09. The van der Waals surface area contributed by atoms with Crippen molar-refractivity contribution < 1.29 is 9.18 Å². The number of carbonyl (C=O) groups excluding carboxylic acids is 1. The number of thioether (sulfide) groups is 1. The minimum absolute atomic E-state index is 0.0771. The second-order valence-electron chi connectivity index (χ2n) is 5.97. The highest BCUT2D eigenvalue weighted by Crippen LogP contribution is 2.20. The van der Waals surface area contributed by atoms with Crippen LogP contribution in [-0.4, -0.2) is 36.2 Å². The molecule has 2 aromatic rings. The summed E-state index contributed by atoms with van der Waals surface area (Å²) in [6.45, 7) is 1.45. The maximum absolute atomic E-state index is 13.0. The Bertz CT molecular complexity index is 688. The average Bonchev–Trinajstić information content (AvgIpc) is 2.63. The Labute approximate surface area is 146 Å². The van der Waals surface area contributed by atoms with Gasteiger partial charge in [0.2, 0.25) is 0 Å². The number of benzene rings is 2. The molecule has 3 rings (SSSR count). The molecular formula is C19H21FN2OS. The van der Waals surface area contributed by atoms with Gasteiger partial charge in [0.1, 0.15) is 5.82 Å². The summed E-state index contributed by atoms with van der Waals surface area (Å²) >= 11 is 1.67. The van der Waals surface area contributed by atoms with Gasteiger partial charge in [0, 0.05) is 35.3 Å². The Morgan fingerprint density at radius 3 is 2.54 bits per heavy atom. The Morgan fingerprint density at radius 2 is 1.88 bits per heavy atom. The molecule has 1 aliphatic rings. The molecule has 0 bridgehead atoms. The van der Waals surface area contributed by atoms with Crippen LogP contribution in [0.3, 0.4) is 0 Å². The number of nitrogens with one attached hydrogen (secondary N) is 1. The van der Waals surface area contributed by atoms with Crippen LogP contribution in [0.1, 0.15) is 23.2 Å². The molecule has 0 spiro atoms. The number of hydrogen-bond donors (Lipinski definition) is 1. The molecule has 1 amide bonds. The van der Waals surface area contributed by atoms with Crippen LogP contribution >= 0.6 is 11.8 Å². The molecular weight excluding hydrogens is 323 g/mol. The number of amides is 1. The van der Waals surface area contributed by atoms with Crippen molar-refractivity contribution in [1.82, 2.24) is 4.90 Å². The molecule has 1 heterocycles. The topological polar surface area (TPSA) is 32.3 Å². The summed E-state index contributed by atoms with van der Waals surface area (Å²) in [6, 6.07) is 14.3. The minimum atomic E-state index is -0.241. The van der Waals surface area contributed by atoms with E-state index in [0.717, 1.165) is 35.5 Å². The largest absolute Gasteiger partial charge is 0.381 e. The van der Waals surface area contributed by atoms with E-state index in [9.17, 15) is 9.18 Å². The first kappa shape index (κ1) is 16.8. The van der Waals surface area contributed by atoms with Gasteiger partial charge in [-0.05, 0) is 67.6 Å². The van der Waals surface area contributed by atoms with E-state index in [2.05, 4.69) is 5.32 Å². The fraction of sp³-hybridized carbons (Fsp3) is 0.316. The molecule has 5 heteroatoms. The highest BCUT2D eigenvalue weighted by atomic mass is 32.2. The zero-order valence-corrected chi connectivity index (χ0v) is 14.5. The van der Waals surface area contributed by atoms with E-state index in [4.69, 9.17) is 0 Å². The molecule has 24 heavy (non-hydrogen) atoms. The zero-order valence-electron chi connectivity index (χ0n) is 13.7. The highest BCUT2D eigenvalue weighted by Gasteiger charge is 2.24. The van der Waals surface area contributed by atoms with E-state index in [-0.39, 0.29) is 17.8 Å². The van der Waals surface area contributed by atoms with Gasteiger partial charge in [-0.25, -0.2) is 4.39 Å². The minimum Gasteiger partial charge on any atom is -0.381 e. The van der Waals surface area contributed by atoms with Crippen molar-refractivity contribution in [2.75, 3.05) is 24.7 Å². The summed E-state index contributed by atoms with van der Waals surface area (Å²) in [5, 5.41) is 3.40. The van der Waals surface area contributed by atoms with Crippen LogP contribution in [0.4, 0.5) is 10.1 Å². The van der Waals surface area contributed by atoms with Gasteiger partial charge in [0.25, 0.3) is 5.91 Å². The standard InChI is InChI=1S/C19H21FN2OS/c1-24-18-10-4-14(5-11-18)19(23)22-12-2-3-17(13-22)21-16-8-6-15(20)7-9-16/h4-11,17,21H,2-3,12-13H2,1H3/t17-/m0/s1. The van der Waals surface area contributed by atoms with E-state index in [1.54, 1.807) is 23.9 Å². The molecule has 126 valence electrons. The van der Waals surface area contributed by atoms with Crippen molar-refractivity contribution in [3.05, 3.63) is 59.9 Å². The first-order chi connectivity index (χ1) is 11.7. The molecule has 1 fully saturated rings. The fourth-order valence-electron chi connectivity index (χ4n) is 2.98. The van der Waals surface area contributed by atoms with Crippen LogP contribution in [0, 0.1) is 5.82 Å². The maximum atomic E-state index is 13.0. The lowest BCUT2D eigenvalue weighted by Crippen LogP contribution is -2.45. The van der Waals surface area contributed by atoms with Gasteiger partial charge in [-0.2, -0.15) is 0 Å². The first-order valence-electron chi connectivity index (χ1n) is 8.11. The number of nitrogens with zero attached hydrogens (tertiary/aromatic N) is 1. The van der Waals surface area contributed by atoms with E-state index in [1.807, 2.05) is 35.4 Å². The van der Waals surface area contributed by atoms with Crippen LogP contribution in [0.15, 0.2) is 53.4 Å². The van der Waals surface area contributed by atoms with Gasteiger partial charge in [-0.15, -0.1) is 11.8 Å². The van der Waals surface area contributed by atoms with E-state index in [1.165, 1.54) is 12.1 Å². The molecule has 0 radical (unpaired) electrons. The molecule has 0 aromatic heterocycles. The molecule has 1 aliphatic heterocycles. The van der Waals surface area contributed by atoms with E-state index < -0.39 is 0 Å². The van der Waals surface area contributed by atoms with Crippen LogP contribution < -0.4 is 5.32 Å². The van der Waals surface area contributed by atoms with Crippen LogP contribution in [-0.2, 0) is 0 Å². The third-order valence-corrected chi connectivity index (χ3v) is 5.00. The van der Waals surface area contributed by atoms with Crippen molar-refractivity contribution in [2.24, 2.45) is 0 Å². The Morgan fingerprint density at radius 1 is 1.17 bits per heavy atom. The number of likely N-dealkylation sites (tertiary alicyclic amines) is 1. The summed E-state index contributed by atoms with van der Waals surface area (Å²) in [5.41, 5.74) is 1.62. The van der Waals surface area contributed by atoms with Crippen molar-refractivity contribution in [3.63, 3.8) is 0 Å². The first-order valence-corrected chi connectivity index (χ1v) is 9.33. The Hall–Kier alpha value is -2.01. The molecule has 0 saturated carbocycles. The third-order valence-electron chi connectivity index (χ3n) is 4.26. The molecule has 1 saturated heterocycles. The maximum Gasteiger partial charge on any atom is 0.253 e. The number of rotatable bonds is 4. The van der Waals surface area contributed by atoms with Crippen molar-refractivity contribution in [1.29, 1.82) is 0 Å². The number of carbonyl (C=O) groups is 1. The summed E-state index contributed by atoms with van der Waals surface area (Å²) < 4.78 is 13.0. The molecule has 0 aliphatic carbocycles. The van der Waals surface area contributed by atoms with E-state index >= 15 is 0 Å². The normalized spacial score (nSPS) is 17.6. The molecule has 0 unspecified atom stereocenters. The molecule has 3 nitrogen and oxygen atoms in total. The van der Waals surface area contributed by atoms with Crippen molar-refractivity contribution in [2.45, 2.75) is 23.8 Å². The van der Waals surface area contributed by atoms with Gasteiger partial charge in [0.15, 0.2) is 0 Å². The Balaban J connectivity index is 1.63. The lowest BCUT2D eigenvalue weighted by Gasteiger charge is -2.33. The quantitative estimate of drug-likeness (QED) is 0.841. The van der Waals surface area contributed by atoms with Crippen molar-refractivity contribution >= 4 is 23.4 Å². The highest BCUT2D eigenvalue weighted by molar-refractivity contribution is 7.98. The monoisotopic (exact) mass is 344 g/mol. The number of halogens is 1. The second-order valence-corrected chi connectivity index (χ2v) is 6.85. The lowest BCUT2D eigenvalue weighted by atomic mass is 10.0. The predicted molar refractivity (Wildman–Crippen MR) is 97.2 cm³/mol. The SMILES string of the molecule is CSc1ccc(C(=O)N2CCC[C@H](Nc3ccc(F)cc3)C2)cc1. The zero-order chi connectivity index (χ0) is 16.9. The van der Waals surface area contributed by atoms with Crippen molar-refractivity contribution in [3.8, 4) is 0 Å². The second kappa shape index (κ2) is 7.71. The van der Waals surface area contributed by atoms with Crippen LogP contribution in [0.25, 0.3) is 0 Å².